The molecule has 0 spiro atoms. The largest absolute Gasteiger partial charge is 0.326 e. The number of sulfonamides is 1. The fourth-order valence-electron chi connectivity index (χ4n) is 2.85. The first kappa shape index (κ1) is 15.5. The van der Waals surface area contributed by atoms with Gasteiger partial charge in [-0.15, -0.1) is 0 Å². The maximum Gasteiger partial charge on any atom is 0.243 e. The van der Waals surface area contributed by atoms with E-state index in [2.05, 4.69) is 6.92 Å². The molecule has 1 aromatic rings. The van der Waals surface area contributed by atoms with E-state index in [0.717, 1.165) is 30.4 Å². The van der Waals surface area contributed by atoms with Crippen LogP contribution in [0.25, 0.3) is 0 Å². The van der Waals surface area contributed by atoms with Crippen LogP contribution in [0.2, 0.25) is 0 Å². The van der Waals surface area contributed by atoms with Gasteiger partial charge < -0.3 is 5.73 Å². The fraction of sp³-hybridized carbons (Fsp3) is 0.600. The van der Waals surface area contributed by atoms with E-state index in [0.29, 0.717) is 30.4 Å². The van der Waals surface area contributed by atoms with Gasteiger partial charge in [-0.2, -0.15) is 4.31 Å². The van der Waals surface area contributed by atoms with E-state index in [9.17, 15) is 8.42 Å². The van der Waals surface area contributed by atoms with Gasteiger partial charge in [0.05, 0.1) is 4.90 Å². The molecule has 2 N–H and O–H groups in total. The SMILES string of the molecule is CCC1CCCN(S(=O)(=O)c2ccc(CN)cc2C)C1. The van der Waals surface area contributed by atoms with Crippen LogP contribution < -0.4 is 5.73 Å². The molecule has 0 saturated carbocycles. The second-order valence-corrected chi connectivity index (χ2v) is 7.49. The Hall–Kier alpha value is -0.910. The molecule has 112 valence electrons. The average molecular weight is 296 g/mol. The highest BCUT2D eigenvalue weighted by atomic mass is 32.2. The minimum atomic E-state index is -3.37. The molecular weight excluding hydrogens is 272 g/mol. The van der Waals surface area contributed by atoms with Crippen LogP contribution in [-0.4, -0.2) is 25.8 Å². The Morgan fingerprint density at radius 3 is 2.75 bits per heavy atom. The minimum absolute atomic E-state index is 0.423. The molecule has 1 aromatic carbocycles. The van der Waals surface area contributed by atoms with Gasteiger partial charge in [-0.1, -0.05) is 25.5 Å². The van der Waals surface area contributed by atoms with Crippen LogP contribution in [0.5, 0.6) is 0 Å². The molecule has 0 aliphatic carbocycles. The van der Waals surface area contributed by atoms with Crippen LogP contribution in [0.4, 0.5) is 0 Å². The van der Waals surface area contributed by atoms with Crippen molar-refractivity contribution in [3.63, 3.8) is 0 Å². The molecule has 20 heavy (non-hydrogen) atoms. The van der Waals surface area contributed by atoms with E-state index < -0.39 is 10.0 Å². The van der Waals surface area contributed by atoms with Crippen molar-refractivity contribution in [2.45, 2.75) is 44.6 Å². The van der Waals surface area contributed by atoms with E-state index in [-0.39, 0.29) is 0 Å². The van der Waals surface area contributed by atoms with Gasteiger partial charge in [-0.3, -0.25) is 0 Å². The highest BCUT2D eigenvalue weighted by Crippen LogP contribution is 2.27. The van der Waals surface area contributed by atoms with Gasteiger partial charge in [0, 0.05) is 19.6 Å². The van der Waals surface area contributed by atoms with Gasteiger partial charge in [0.2, 0.25) is 10.0 Å². The first-order chi connectivity index (χ1) is 9.48. The molecule has 0 aromatic heterocycles. The normalized spacial score (nSPS) is 21.1. The number of hydrogen-bond acceptors (Lipinski definition) is 3. The molecule has 1 aliphatic heterocycles. The molecule has 0 amide bonds. The number of nitrogens with two attached hydrogens (primary N) is 1. The Kier molecular flexibility index (Phi) is 4.83. The number of nitrogens with zero attached hydrogens (tertiary/aromatic N) is 1. The number of aryl methyl sites for hydroxylation is 1. The summed E-state index contributed by atoms with van der Waals surface area (Å²) in [6, 6.07) is 5.37. The average Bonchev–Trinajstić information content (AvgIpc) is 2.46. The van der Waals surface area contributed by atoms with Crippen molar-refractivity contribution in [3.05, 3.63) is 29.3 Å². The molecule has 1 saturated heterocycles. The summed E-state index contributed by atoms with van der Waals surface area (Å²) in [6.45, 7) is 5.69. The Balaban J connectivity index is 2.30. The van der Waals surface area contributed by atoms with Crippen LogP contribution in [0.15, 0.2) is 23.1 Å². The quantitative estimate of drug-likeness (QED) is 0.927. The Morgan fingerprint density at radius 2 is 2.15 bits per heavy atom. The lowest BCUT2D eigenvalue weighted by molar-refractivity contribution is 0.261. The van der Waals surface area contributed by atoms with E-state index in [1.165, 1.54) is 0 Å². The van der Waals surface area contributed by atoms with Crippen molar-refractivity contribution in [1.82, 2.24) is 4.31 Å². The lowest BCUT2D eigenvalue weighted by Crippen LogP contribution is -2.39. The minimum Gasteiger partial charge on any atom is -0.326 e. The van der Waals surface area contributed by atoms with Crippen molar-refractivity contribution >= 4 is 10.0 Å². The lowest BCUT2D eigenvalue weighted by Gasteiger charge is -2.31. The first-order valence-electron chi connectivity index (χ1n) is 7.28. The number of piperidine rings is 1. The zero-order valence-electron chi connectivity index (χ0n) is 12.3. The van der Waals surface area contributed by atoms with Crippen LogP contribution >= 0.6 is 0 Å². The third kappa shape index (κ3) is 3.05. The monoisotopic (exact) mass is 296 g/mol. The van der Waals surface area contributed by atoms with Crippen LogP contribution in [0.1, 0.15) is 37.3 Å². The smallest absolute Gasteiger partial charge is 0.243 e. The van der Waals surface area contributed by atoms with Gasteiger partial charge in [0.25, 0.3) is 0 Å². The first-order valence-corrected chi connectivity index (χ1v) is 8.72. The predicted molar refractivity (Wildman–Crippen MR) is 80.8 cm³/mol. The molecule has 0 radical (unpaired) electrons. The third-order valence-electron chi connectivity index (χ3n) is 4.15. The van der Waals surface area contributed by atoms with E-state index in [1.54, 1.807) is 16.4 Å². The zero-order chi connectivity index (χ0) is 14.8. The van der Waals surface area contributed by atoms with Crippen molar-refractivity contribution in [3.8, 4) is 0 Å². The second-order valence-electron chi connectivity index (χ2n) is 5.58. The van der Waals surface area contributed by atoms with E-state index >= 15 is 0 Å². The Labute approximate surface area is 122 Å². The predicted octanol–water partition coefficient (Wildman–Crippen LogP) is 2.26. The maximum absolute atomic E-state index is 12.8. The fourth-order valence-corrected chi connectivity index (χ4v) is 4.61. The van der Waals surface area contributed by atoms with Crippen molar-refractivity contribution in [1.29, 1.82) is 0 Å². The lowest BCUT2D eigenvalue weighted by atomic mass is 9.97. The van der Waals surface area contributed by atoms with Crippen LogP contribution in [0.3, 0.4) is 0 Å². The number of hydrogen-bond donors (Lipinski definition) is 1. The van der Waals surface area contributed by atoms with Gasteiger partial charge in [0.1, 0.15) is 0 Å². The molecule has 2 rings (SSSR count). The van der Waals surface area contributed by atoms with Crippen molar-refractivity contribution in [2.75, 3.05) is 13.1 Å². The molecular formula is C15H24N2O2S. The molecule has 5 heteroatoms. The number of benzene rings is 1. The standard InChI is InChI=1S/C15H24N2O2S/c1-3-13-5-4-8-17(11-13)20(18,19)15-7-6-14(10-16)9-12(15)2/h6-7,9,13H,3-5,8,10-11,16H2,1-2H3. The summed E-state index contributed by atoms with van der Waals surface area (Å²) in [4.78, 5) is 0.423. The molecule has 1 aliphatic rings. The summed E-state index contributed by atoms with van der Waals surface area (Å²) in [6.07, 6.45) is 3.13. The topological polar surface area (TPSA) is 63.4 Å². The third-order valence-corrected chi connectivity index (χ3v) is 6.18. The molecule has 0 bridgehead atoms. The highest BCUT2D eigenvalue weighted by molar-refractivity contribution is 7.89. The summed E-state index contributed by atoms with van der Waals surface area (Å²) < 4.78 is 27.2. The second kappa shape index (κ2) is 6.24. The summed E-state index contributed by atoms with van der Waals surface area (Å²) in [7, 11) is -3.37. The molecule has 1 unspecified atom stereocenters. The molecule has 1 fully saturated rings. The van der Waals surface area contributed by atoms with Gasteiger partial charge in [-0.25, -0.2) is 8.42 Å². The number of rotatable bonds is 4. The van der Waals surface area contributed by atoms with Gasteiger partial charge in [-0.05, 0) is 42.9 Å². The molecule has 1 atom stereocenters. The van der Waals surface area contributed by atoms with Crippen LogP contribution in [-0.2, 0) is 16.6 Å². The van der Waals surface area contributed by atoms with Crippen molar-refractivity contribution in [2.24, 2.45) is 11.7 Å². The summed E-state index contributed by atoms with van der Waals surface area (Å²) >= 11 is 0. The maximum atomic E-state index is 12.8. The van der Waals surface area contributed by atoms with E-state index in [1.807, 2.05) is 13.0 Å². The summed E-state index contributed by atoms with van der Waals surface area (Å²) in [5.74, 6) is 0.488. The molecule has 1 heterocycles. The van der Waals surface area contributed by atoms with Gasteiger partial charge >= 0.3 is 0 Å². The van der Waals surface area contributed by atoms with Crippen LogP contribution in [0, 0.1) is 12.8 Å². The van der Waals surface area contributed by atoms with E-state index in [4.69, 9.17) is 5.73 Å². The Morgan fingerprint density at radius 1 is 1.40 bits per heavy atom. The Bertz CT molecular complexity index is 569. The molecule has 4 nitrogen and oxygen atoms in total. The summed E-state index contributed by atoms with van der Waals surface area (Å²) in [5.41, 5.74) is 7.35. The highest BCUT2D eigenvalue weighted by Gasteiger charge is 2.30. The van der Waals surface area contributed by atoms with Crippen molar-refractivity contribution < 1.29 is 8.42 Å². The summed E-state index contributed by atoms with van der Waals surface area (Å²) in [5, 5.41) is 0. The zero-order valence-corrected chi connectivity index (χ0v) is 13.1. The van der Waals surface area contributed by atoms with Gasteiger partial charge in [0.15, 0.2) is 0 Å².